The first-order valence-electron chi connectivity index (χ1n) is 8.99. The summed E-state index contributed by atoms with van der Waals surface area (Å²) in [6.07, 6.45) is 1.82. The van der Waals surface area contributed by atoms with Crippen LogP contribution in [0.25, 0.3) is 0 Å². The van der Waals surface area contributed by atoms with Gasteiger partial charge in [-0.15, -0.1) is 0 Å². The first-order valence-corrected chi connectivity index (χ1v) is 8.99. The van der Waals surface area contributed by atoms with Crippen molar-refractivity contribution in [3.8, 4) is 11.5 Å². The first kappa shape index (κ1) is 16.0. The van der Waals surface area contributed by atoms with Crippen LogP contribution in [0.2, 0.25) is 0 Å². The summed E-state index contributed by atoms with van der Waals surface area (Å²) in [7, 11) is 0. The number of nitrogens with zero attached hydrogens (tertiary/aromatic N) is 1. The van der Waals surface area contributed by atoms with Gasteiger partial charge in [-0.25, -0.2) is 0 Å². The number of benzene rings is 2. The van der Waals surface area contributed by atoms with Crippen molar-refractivity contribution in [2.45, 2.75) is 31.6 Å². The number of carbonyl (C=O) groups excluding carboxylic acids is 1. The number of hydrogen-bond acceptors (Lipinski definition) is 3. The molecule has 4 nitrogen and oxygen atoms in total. The van der Waals surface area contributed by atoms with Gasteiger partial charge in [-0.2, -0.15) is 0 Å². The summed E-state index contributed by atoms with van der Waals surface area (Å²) in [4.78, 5) is 15.0. The molecular formula is C21H23NO3. The van der Waals surface area contributed by atoms with Gasteiger partial charge < -0.3 is 14.4 Å². The van der Waals surface area contributed by atoms with E-state index < -0.39 is 0 Å². The molecule has 1 amide bonds. The van der Waals surface area contributed by atoms with Crippen molar-refractivity contribution >= 4 is 5.91 Å². The molecule has 2 atom stereocenters. The van der Waals surface area contributed by atoms with Gasteiger partial charge in [0.2, 0.25) is 12.7 Å². The van der Waals surface area contributed by atoms with Gasteiger partial charge in [0, 0.05) is 19.0 Å². The molecule has 2 aliphatic rings. The molecule has 4 rings (SSSR count). The molecule has 130 valence electrons. The average molecular weight is 337 g/mol. The molecule has 1 saturated heterocycles. The maximum absolute atomic E-state index is 13.0. The zero-order chi connectivity index (χ0) is 17.2. The molecule has 4 heteroatoms. The van der Waals surface area contributed by atoms with Crippen LogP contribution >= 0.6 is 0 Å². The summed E-state index contributed by atoms with van der Waals surface area (Å²) >= 11 is 0. The number of fused-ring (bicyclic) bond motifs is 1. The van der Waals surface area contributed by atoms with E-state index >= 15 is 0 Å². The fourth-order valence-electron chi connectivity index (χ4n) is 3.86. The standard InChI is InChI=1S/C21H23NO3/c1-2-18(15-6-4-3-5-7-15)21(23)22-11-10-17(13-22)16-8-9-19-20(12-16)25-14-24-19/h3-9,12,17-18H,2,10-11,13-14H2,1H3. The van der Waals surface area contributed by atoms with Gasteiger partial charge in [0.15, 0.2) is 11.5 Å². The summed E-state index contributed by atoms with van der Waals surface area (Å²) in [5.74, 6) is 2.20. The molecule has 0 saturated carbocycles. The van der Waals surface area contributed by atoms with Crippen LogP contribution in [0.5, 0.6) is 11.5 Å². The Hall–Kier alpha value is -2.49. The van der Waals surface area contributed by atoms with E-state index in [0.717, 1.165) is 43.0 Å². The Balaban J connectivity index is 1.47. The third-order valence-electron chi connectivity index (χ3n) is 5.28. The number of hydrogen-bond donors (Lipinski definition) is 0. The predicted octanol–water partition coefficient (Wildman–Crippen LogP) is 3.93. The molecule has 2 unspecified atom stereocenters. The van der Waals surface area contributed by atoms with E-state index in [4.69, 9.17) is 9.47 Å². The van der Waals surface area contributed by atoms with Crippen molar-refractivity contribution in [3.63, 3.8) is 0 Å². The molecule has 0 spiro atoms. The second kappa shape index (κ2) is 6.79. The Labute approximate surface area is 148 Å². The second-order valence-corrected chi connectivity index (χ2v) is 6.75. The molecule has 2 aromatic carbocycles. The highest BCUT2D eigenvalue weighted by Gasteiger charge is 2.32. The molecule has 0 bridgehead atoms. The molecular weight excluding hydrogens is 314 g/mol. The molecule has 0 radical (unpaired) electrons. The van der Waals surface area contributed by atoms with E-state index in [9.17, 15) is 4.79 Å². The normalized spacial score (nSPS) is 19.9. The number of ether oxygens (including phenoxy) is 2. The minimum atomic E-state index is -0.0447. The highest BCUT2D eigenvalue weighted by Crippen LogP contribution is 2.37. The Morgan fingerprint density at radius 3 is 2.76 bits per heavy atom. The smallest absolute Gasteiger partial charge is 0.231 e. The largest absolute Gasteiger partial charge is 0.454 e. The van der Waals surface area contributed by atoms with Gasteiger partial charge in [-0.1, -0.05) is 43.3 Å². The van der Waals surface area contributed by atoms with Crippen LogP contribution < -0.4 is 9.47 Å². The van der Waals surface area contributed by atoms with Crippen molar-refractivity contribution in [1.82, 2.24) is 4.90 Å². The number of carbonyl (C=O) groups is 1. The number of likely N-dealkylation sites (tertiary alicyclic amines) is 1. The number of amides is 1. The highest BCUT2D eigenvalue weighted by molar-refractivity contribution is 5.84. The summed E-state index contributed by atoms with van der Waals surface area (Å²) < 4.78 is 10.9. The van der Waals surface area contributed by atoms with Crippen molar-refractivity contribution in [2.75, 3.05) is 19.9 Å². The topological polar surface area (TPSA) is 38.8 Å². The van der Waals surface area contributed by atoms with Crippen molar-refractivity contribution in [3.05, 3.63) is 59.7 Å². The molecule has 2 aromatic rings. The summed E-state index contributed by atoms with van der Waals surface area (Å²) in [6.45, 7) is 3.98. The van der Waals surface area contributed by atoms with Crippen molar-refractivity contribution in [2.24, 2.45) is 0 Å². The fraction of sp³-hybridized carbons (Fsp3) is 0.381. The third kappa shape index (κ3) is 3.09. The van der Waals surface area contributed by atoms with Crippen LogP contribution in [0.4, 0.5) is 0 Å². The van der Waals surface area contributed by atoms with Crippen LogP contribution in [0.15, 0.2) is 48.5 Å². The Morgan fingerprint density at radius 2 is 1.96 bits per heavy atom. The lowest BCUT2D eigenvalue weighted by Gasteiger charge is -2.23. The van der Waals surface area contributed by atoms with Crippen LogP contribution in [0.3, 0.4) is 0 Å². The second-order valence-electron chi connectivity index (χ2n) is 6.75. The predicted molar refractivity (Wildman–Crippen MR) is 96.0 cm³/mol. The Kier molecular flexibility index (Phi) is 4.35. The zero-order valence-corrected chi connectivity index (χ0v) is 14.5. The molecule has 1 fully saturated rings. The van der Waals surface area contributed by atoms with Gasteiger partial charge in [-0.3, -0.25) is 4.79 Å². The molecule has 0 aromatic heterocycles. The quantitative estimate of drug-likeness (QED) is 0.849. The van der Waals surface area contributed by atoms with Gasteiger partial charge >= 0.3 is 0 Å². The van der Waals surface area contributed by atoms with E-state index in [-0.39, 0.29) is 11.8 Å². The molecule has 2 aliphatic heterocycles. The zero-order valence-electron chi connectivity index (χ0n) is 14.5. The highest BCUT2D eigenvalue weighted by atomic mass is 16.7. The van der Waals surface area contributed by atoms with E-state index in [0.29, 0.717) is 12.7 Å². The van der Waals surface area contributed by atoms with Gasteiger partial charge in [0.05, 0.1) is 5.92 Å². The number of rotatable bonds is 4. The minimum absolute atomic E-state index is 0.0447. The lowest BCUT2D eigenvalue weighted by molar-refractivity contribution is -0.131. The Morgan fingerprint density at radius 1 is 1.16 bits per heavy atom. The molecule has 2 heterocycles. The minimum Gasteiger partial charge on any atom is -0.454 e. The van der Waals surface area contributed by atoms with E-state index in [1.165, 1.54) is 5.56 Å². The van der Waals surface area contributed by atoms with Gasteiger partial charge in [0.1, 0.15) is 0 Å². The lowest BCUT2D eigenvalue weighted by Crippen LogP contribution is -2.33. The Bertz CT molecular complexity index is 759. The van der Waals surface area contributed by atoms with Gasteiger partial charge in [0.25, 0.3) is 0 Å². The van der Waals surface area contributed by atoms with Crippen LogP contribution in [0.1, 0.15) is 42.7 Å². The first-order chi connectivity index (χ1) is 12.3. The van der Waals surface area contributed by atoms with E-state index in [1.807, 2.05) is 29.2 Å². The maximum atomic E-state index is 13.0. The molecule has 25 heavy (non-hydrogen) atoms. The molecule has 0 N–H and O–H groups in total. The van der Waals surface area contributed by atoms with Crippen LogP contribution in [-0.4, -0.2) is 30.7 Å². The third-order valence-corrected chi connectivity index (χ3v) is 5.28. The van der Waals surface area contributed by atoms with Crippen molar-refractivity contribution < 1.29 is 14.3 Å². The van der Waals surface area contributed by atoms with Crippen LogP contribution in [0, 0.1) is 0 Å². The summed E-state index contributed by atoms with van der Waals surface area (Å²) in [6, 6.07) is 16.2. The summed E-state index contributed by atoms with van der Waals surface area (Å²) in [5.41, 5.74) is 2.34. The molecule has 0 aliphatic carbocycles. The lowest BCUT2D eigenvalue weighted by atomic mass is 9.95. The SMILES string of the molecule is CCC(C(=O)N1CCC(c2ccc3c(c2)OCO3)C1)c1ccccc1. The summed E-state index contributed by atoms with van der Waals surface area (Å²) in [5, 5.41) is 0. The van der Waals surface area contributed by atoms with E-state index in [2.05, 4.69) is 31.2 Å². The van der Waals surface area contributed by atoms with Crippen LogP contribution in [-0.2, 0) is 4.79 Å². The van der Waals surface area contributed by atoms with Gasteiger partial charge in [-0.05, 0) is 36.1 Å². The van der Waals surface area contributed by atoms with Crippen molar-refractivity contribution in [1.29, 1.82) is 0 Å². The average Bonchev–Trinajstić information content (AvgIpc) is 3.32. The fourth-order valence-corrected chi connectivity index (χ4v) is 3.86. The monoisotopic (exact) mass is 337 g/mol. The van der Waals surface area contributed by atoms with E-state index in [1.54, 1.807) is 0 Å². The maximum Gasteiger partial charge on any atom is 0.231 e.